The van der Waals surface area contributed by atoms with E-state index in [9.17, 15) is 4.79 Å². The molecule has 1 aromatic heterocycles. The van der Waals surface area contributed by atoms with E-state index in [-0.39, 0.29) is 5.97 Å². The summed E-state index contributed by atoms with van der Waals surface area (Å²) in [6.07, 6.45) is 4.12. The third-order valence-corrected chi connectivity index (χ3v) is 3.69. The van der Waals surface area contributed by atoms with Crippen molar-refractivity contribution in [3.05, 3.63) is 78.0 Å². The van der Waals surface area contributed by atoms with Gasteiger partial charge in [-0.1, -0.05) is 60.7 Å². The third-order valence-electron chi connectivity index (χ3n) is 3.69. The third kappa shape index (κ3) is 3.34. The Morgan fingerprint density at radius 3 is 2.61 bits per heavy atom. The van der Waals surface area contributed by atoms with E-state index in [0.717, 1.165) is 16.5 Å². The van der Waals surface area contributed by atoms with Crippen molar-refractivity contribution in [2.75, 3.05) is 6.61 Å². The Morgan fingerprint density at radius 1 is 1.09 bits per heavy atom. The van der Waals surface area contributed by atoms with Gasteiger partial charge in [0.2, 0.25) is 0 Å². The van der Waals surface area contributed by atoms with Gasteiger partial charge < -0.3 is 9.30 Å². The highest BCUT2D eigenvalue weighted by atomic mass is 16.5. The van der Waals surface area contributed by atoms with Crippen LogP contribution in [-0.4, -0.2) is 17.1 Å². The van der Waals surface area contributed by atoms with Crippen LogP contribution in [0.5, 0.6) is 0 Å². The number of esters is 1. The molecule has 3 heteroatoms. The molecule has 3 rings (SSSR count). The van der Waals surface area contributed by atoms with Crippen molar-refractivity contribution in [3.8, 4) is 0 Å². The fourth-order valence-corrected chi connectivity index (χ4v) is 2.64. The zero-order chi connectivity index (χ0) is 16.1. The lowest BCUT2D eigenvalue weighted by atomic mass is 10.2. The summed E-state index contributed by atoms with van der Waals surface area (Å²) in [6.45, 7) is 2.82. The van der Waals surface area contributed by atoms with E-state index in [2.05, 4.69) is 24.3 Å². The van der Waals surface area contributed by atoms with E-state index in [1.807, 2.05) is 60.0 Å². The summed E-state index contributed by atoms with van der Waals surface area (Å²) in [4.78, 5) is 12.2. The predicted octanol–water partition coefficient (Wildman–Crippen LogP) is 4.53. The van der Waals surface area contributed by atoms with Crippen LogP contribution in [-0.2, 0) is 11.3 Å². The second-order valence-electron chi connectivity index (χ2n) is 5.23. The first-order chi connectivity index (χ1) is 11.3. The minimum atomic E-state index is -0.281. The van der Waals surface area contributed by atoms with Crippen LogP contribution in [0.1, 0.15) is 23.0 Å². The summed E-state index contributed by atoms with van der Waals surface area (Å²) in [7, 11) is 0. The Morgan fingerprint density at radius 2 is 1.83 bits per heavy atom. The van der Waals surface area contributed by atoms with Crippen molar-refractivity contribution >= 4 is 22.9 Å². The Hall–Kier alpha value is -2.81. The molecular weight excluding hydrogens is 286 g/mol. The number of rotatable bonds is 5. The lowest BCUT2D eigenvalue weighted by molar-refractivity contribution is 0.0515. The van der Waals surface area contributed by atoms with Gasteiger partial charge >= 0.3 is 5.97 Å². The molecule has 0 N–H and O–H groups in total. The largest absolute Gasteiger partial charge is 0.461 e. The standard InChI is InChI=1S/C20H19NO2/c1-2-23-20(22)19-15-17-12-6-7-13-18(17)21(19)14-8-11-16-9-4-3-5-10-16/h3-13,15H,2,14H2,1H3/b11-8+. The molecule has 0 aliphatic heterocycles. The van der Waals surface area contributed by atoms with Crippen molar-refractivity contribution in [1.29, 1.82) is 0 Å². The second-order valence-corrected chi connectivity index (χ2v) is 5.23. The quantitative estimate of drug-likeness (QED) is 0.648. The number of para-hydroxylation sites is 1. The van der Waals surface area contributed by atoms with Gasteiger partial charge in [0, 0.05) is 17.4 Å². The molecule has 0 bridgehead atoms. The summed E-state index contributed by atoms with van der Waals surface area (Å²) < 4.78 is 7.17. The topological polar surface area (TPSA) is 31.2 Å². The van der Waals surface area contributed by atoms with Gasteiger partial charge in [-0.25, -0.2) is 4.79 Å². The highest BCUT2D eigenvalue weighted by Crippen LogP contribution is 2.21. The summed E-state index contributed by atoms with van der Waals surface area (Å²) in [5, 5.41) is 1.05. The van der Waals surface area contributed by atoms with Crippen LogP contribution in [0.15, 0.2) is 66.7 Å². The molecule has 1 heterocycles. The minimum absolute atomic E-state index is 0.281. The molecule has 0 amide bonds. The van der Waals surface area contributed by atoms with E-state index in [1.165, 1.54) is 0 Å². The lowest BCUT2D eigenvalue weighted by Gasteiger charge is -2.07. The first-order valence-corrected chi connectivity index (χ1v) is 7.76. The molecule has 3 aromatic rings. The maximum absolute atomic E-state index is 12.2. The molecule has 116 valence electrons. The molecule has 0 atom stereocenters. The molecule has 3 nitrogen and oxygen atoms in total. The second kappa shape index (κ2) is 6.97. The highest BCUT2D eigenvalue weighted by molar-refractivity contribution is 5.95. The molecule has 0 aliphatic carbocycles. The maximum atomic E-state index is 12.2. The molecule has 0 radical (unpaired) electrons. The first kappa shape index (κ1) is 15.1. The molecule has 0 spiro atoms. The number of carbonyl (C=O) groups excluding carboxylic acids is 1. The molecule has 0 saturated carbocycles. The van der Waals surface area contributed by atoms with Crippen molar-refractivity contribution in [2.24, 2.45) is 0 Å². The average Bonchev–Trinajstić information content (AvgIpc) is 2.95. The van der Waals surface area contributed by atoms with E-state index < -0.39 is 0 Å². The fourth-order valence-electron chi connectivity index (χ4n) is 2.64. The molecule has 2 aromatic carbocycles. The molecule has 0 fully saturated rings. The van der Waals surface area contributed by atoms with Crippen molar-refractivity contribution in [1.82, 2.24) is 4.57 Å². The Bertz CT molecular complexity index is 831. The van der Waals surface area contributed by atoms with Crippen LogP contribution in [0.4, 0.5) is 0 Å². The van der Waals surface area contributed by atoms with Crippen LogP contribution in [0.3, 0.4) is 0 Å². The zero-order valence-corrected chi connectivity index (χ0v) is 13.1. The van der Waals surface area contributed by atoms with Gasteiger partial charge in [0.1, 0.15) is 5.69 Å². The normalized spacial score (nSPS) is 11.2. The highest BCUT2D eigenvalue weighted by Gasteiger charge is 2.15. The van der Waals surface area contributed by atoms with Gasteiger partial charge in [-0.15, -0.1) is 0 Å². The van der Waals surface area contributed by atoms with Crippen LogP contribution in [0.25, 0.3) is 17.0 Å². The SMILES string of the molecule is CCOC(=O)c1cc2ccccc2n1C/C=C/c1ccccc1. The van der Waals surface area contributed by atoms with Crippen LogP contribution in [0, 0.1) is 0 Å². The maximum Gasteiger partial charge on any atom is 0.354 e. The zero-order valence-electron chi connectivity index (χ0n) is 13.1. The summed E-state index contributed by atoms with van der Waals surface area (Å²) in [5.74, 6) is -0.281. The van der Waals surface area contributed by atoms with Crippen LogP contribution >= 0.6 is 0 Å². The molecular formula is C20H19NO2. The Kier molecular flexibility index (Phi) is 4.57. The number of allylic oxidation sites excluding steroid dienone is 1. The van der Waals surface area contributed by atoms with E-state index >= 15 is 0 Å². The van der Waals surface area contributed by atoms with Gasteiger partial charge in [-0.2, -0.15) is 0 Å². The predicted molar refractivity (Wildman–Crippen MR) is 93.4 cm³/mol. The van der Waals surface area contributed by atoms with E-state index in [0.29, 0.717) is 18.8 Å². The van der Waals surface area contributed by atoms with Crippen molar-refractivity contribution in [3.63, 3.8) is 0 Å². The molecule has 0 aliphatic rings. The van der Waals surface area contributed by atoms with Gasteiger partial charge in [-0.05, 0) is 24.6 Å². The van der Waals surface area contributed by atoms with Crippen LogP contribution in [0.2, 0.25) is 0 Å². The number of benzene rings is 2. The smallest absolute Gasteiger partial charge is 0.354 e. The average molecular weight is 305 g/mol. The number of aromatic nitrogens is 1. The number of ether oxygens (including phenoxy) is 1. The monoisotopic (exact) mass is 305 g/mol. The van der Waals surface area contributed by atoms with Gasteiger partial charge in [0.15, 0.2) is 0 Å². The lowest BCUT2D eigenvalue weighted by Crippen LogP contribution is -2.11. The van der Waals surface area contributed by atoms with E-state index in [4.69, 9.17) is 4.74 Å². The number of nitrogens with zero attached hydrogens (tertiary/aromatic N) is 1. The fraction of sp³-hybridized carbons (Fsp3) is 0.150. The minimum Gasteiger partial charge on any atom is -0.461 e. The Balaban J connectivity index is 1.93. The number of hydrogen-bond acceptors (Lipinski definition) is 2. The van der Waals surface area contributed by atoms with Crippen LogP contribution < -0.4 is 0 Å². The first-order valence-electron chi connectivity index (χ1n) is 7.76. The van der Waals surface area contributed by atoms with Crippen molar-refractivity contribution in [2.45, 2.75) is 13.5 Å². The van der Waals surface area contributed by atoms with Gasteiger partial charge in [-0.3, -0.25) is 0 Å². The summed E-state index contributed by atoms with van der Waals surface area (Å²) in [6, 6.07) is 20.0. The molecule has 0 saturated heterocycles. The van der Waals surface area contributed by atoms with E-state index in [1.54, 1.807) is 0 Å². The number of fused-ring (bicyclic) bond motifs is 1. The number of hydrogen-bond donors (Lipinski definition) is 0. The summed E-state index contributed by atoms with van der Waals surface area (Å²) in [5.41, 5.74) is 2.76. The summed E-state index contributed by atoms with van der Waals surface area (Å²) >= 11 is 0. The van der Waals surface area contributed by atoms with Crippen molar-refractivity contribution < 1.29 is 9.53 Å². The Labute approximate surface area is 135 Å². The molecule has 0 unspecified atom stereocenters. The number of carbonyl (C=O) groups is 1. The molecule has 23 heavy (non-hydrogen) atoms. The van der Waals surface area contributed by atoms with Gasteiger partial charge in [0.25, 0.3) is 0 Å². The van der Waals surface area contributed by atoms with Gasteiger partial charge in [0.05, 0.1) is 6.61 Å².